The van der Waals surface area contributed by atoms with Gasteiger partial charge in [0, 0.05) is 12.7 Å². The van der Waals surface area contributed by atoms with E-state index in [1.165, 1.54) is 10.6 Å². The minimum atomic E-state index is -0.707. The molecule has 0 aliphatic heterocycles. The van der Waals surface area contributed by atoms with Crippen molar-refractivity contribution in [2.24, 2.45) is 0 Å². The largest absolute Gasteiger partial charge is 0.376 e. The summed E-state index contributed by atoms with van der Waals surface area (Å²) in [5, 5.41) is 16.5. The van der Waals surface area contributed by atoms with Crippen molar-refractivity contribution in [3.63, 3.8) is 0 Å². The second kappa shape index (κ2) is 6.29. The van der Waals surface area contributed by atoms with Crippen molar-refractivity contribution in [1.29, 1.82) is 0 Å². The quantitative estimate of drug-likeness (QED) is 0.452. The summed E-state index contributed by atoms with van der Waals surface area (Å²) in [6, 6.07) is 18.9. The molecule has 0 bridgehead atoms. The van der Waals surface area contributed by atoms with Gasteiger partial charge in [-0.15, -0.1) is 0 Å². The fraction of sp³-hybridized carbons (Fsp3) is 0.0526. The third-order valence-corrected chi connectivity index (χ3v) is 4.17. The van der Waals surface area contributed by atoms with E-state index in [1.54, 1.807) is 18.2 Å². The van der Waals surface area contributed by atoms with Crippen LogP contribution in [0.3, 0.4) is 0 Å². The van der Waals surface area contributed by atoms with E-state index in [9.17, 15) is 14.9 Å². The van der Waals surface area contributed by atoms with Gasteiger partial charge in [-0.3, -0.25) is 19.3 Å². The van der Waals surface area contributed by atoms with Crippen molar-refractivity contribution >= 4 is 27.9 Å². The first-order valence-corrected chi connectivity index (χ1v) is 8.01. The third-order valence-electron chi connectivity index (χ3n) is 4.17. The molecule has 0 aliphatic carbocycles. The summed E-state index contributed by atoms with van der Waals surface area (Å²) in [4.78, 5) is 27.4. The van der Waals surface area contributed by atoms with Crippen LogP contribution in [0, 0.1) is 10.1 Å². The van der Waals surface area contributed by atoms with E-state index in [-0.39, 0.29) is 5.82 Å². The maximum Gasteiger partial charge on any atom is 0.376 e. The number of anilines is 1. The Morgan fingerprint density at radius 3 is 2.62 bits per heavy atom. The van der Waals surface area contributed by atoms with Gasteiger partial charge in [-0.05, 0) is 34.5 Å². The molecule has 2 aromatic carbocycles. The van der Waals surface area contributed by atoms with E-state index < -0.39 is 16.2 Å². The van der Waals surface area contributed by atoms with Crippen LogP contribution in [0.2, 0.25) is 0 Å². The highest BCUT2D eigenvalue weighted by molar-refractivity contribution is 5.83. The van der Waals surface area contributed by atoms with Crippen LogP contribution in [0.5, 0.6) is 0 Å². The van der Waals surface area contributed by atoms with E-state index in [0.717, 1.165) is 16.3 Å². The minimum Gasteiger partial charge on any atom is -0.360 e. The highest BCUT2D eigenvalue weighted by Crippen LogP contribution is 2.20. The van der Waals surface area contributed by atoms with Crippen LogP contribution >= 0.6 is 0 Å². The van der Waals surface area contributed by atoms with Crippen LogP contribution in [0.25, 0.3) is 16.4 Å². The lowest BCUT2D eigenvalue weighted by atomic mass is 10.1. The molecule has 26 heavy (non-hydrogen) atoms. The molecule has 0 saturated heterocycles. The SMILES string of the molecule is O=c1c([N+](=O)[O-])c(NCc2ccc3ccccc3c2)nc2ccccn12. The van der Waals surface area contributed by atoms with E-state index in [2.05, 4.69) is 10.3 Å². The first-order chi connectivity index (χ1) is 12.6. The molecule has 0 radical (unpaired) electrons. The van der Waals surface area contributed by atoms with Crippen LogP contribution < -0.4 is 10.9 Å². The van der Waals surface area contributed by atoms with Gasteiger partial charge in [-0.2, -0.15) is 0 Å². The highest BCUT2D eigenvalue weighted by atomic mass is 16.6. The van der Waals surface area contributed by atoms with Gasteiger partial charge in [-0.25, -0.2) is 4.98 Å². The summed E-state index contributed by atoms with van der Waals surface area (Å²) in [7, 11) is 0. The predicted molar refractivity (Wildman–Crippen MR) is 99.4 cm³/mol. The molecule has 2 aromatic heterocycles. The number of pyridine rings is 1. The number of hydrogen-bond acceptors (Lipinski definition) is 5. The lowest BCUT2D eigenvalue weighted by molar-refractivity contribution is -0.385. The standard InChI is InChI=1S/C19H14N4O3/c24-19-17(23(25)26)18(21-16-7-3-4-10-22(16)19)20-12-13-8-9-14-5-1-2-6-15(14)11-13/h1-11,20H,12H2. The maximum absolute atomic E-state index is 12.4. The highest BCUT2D eigenvalue weighted by Gasteiger charge is 2.23. The average Bonchev–Trinajstić information content (AvgIpc) is 2.66. The van der Waals surface area contributed by atoms with Crippen LogP contribution in [-0.2, 0) is 6.54 Å². The number of fused-ring (bicyclic) bond motifs is 2. The van der Waals surface area contributed by atoms with E-state index in [4.69, 9.17) is 0 Å². The molecule has 0 fully saturated rings. The molecule has 0 amide bonds. The summed E-state index contributed by atoms with van der Waals surface area (Å²) in [6.07, 6.45) is 1.46. The van der Waals surface area contributed by atoms with Crippen molar-refractivity contribution < 1.29 is 4.92 Å². The first kappa shape index (κ1) is 15.8. The lowest BCUT2D eigenvalue weighted by Gasteiger charge is -2.09. The zero-order chi connectivity index (χ0) is 18.1. The molecule has 7 heteroatoms. The molecule has 0 saturated carbocycles. The topological polar surface area (TPSA) is 89.5 Å². The molecule has 0 atom stereocenters. The summed E-state index contributed by atoms with van der Waals surface area (Å²) >= 11 is 0. The molecule has 128 valence electrons. The van der Waals surface area contributed by atoms with Crippen molar-refractivity contribution in [1.82, 2.24) is 9.38 Å². The number of nitrogens with zero attached hydrogens (tertiary/aromatic N) is 3. The Morgan fingerprint density at radius 2 is 1.81 bits per heavy atom. The Morgan fingerprint density at radius 1 is 1.04 bits per heavy atom. The normalized spacial score (nSPS) is 10.9. The van der Waals surface area contributed by atoms with Crippen molar-refractivity contribution in [2.45, 2.75) is 6.54 Å². The Bertz CT molecular complexity index is 1200. The summed E-state index contributed by atoms with van der Waals surface area (Å²) in [6.45, 7) is 0.321. The van der Waals surface area contributed by atoms with Crippen molar-refractivity contribution in [2.75, 3.05) is 5.32 Å². The number of aromatic nitrogens is 2. The van der Waals surface area contributed by atoms with Gasteiger partial charge >= 0.3 is 11.2 Å². The van der Waals surface area contributed by atoms with Gasteiger partial charge in [-0.1, -0.05) is 42.5 Å². The fourth-order valence-electron chi connectivity index (χ4n) is 2.90. The van der Waals surface area contributed by atoms with Crippen LogP contribution in [0.4, 0.5) is 11.5 Å². The van der Waals surface area contributed by atoms with Crippen LogP contribution in [0.1, 0.15) is 5.56 Å². The maximum atomic E-state index is 12.4. The van der Waals surface area contributed by atoms with Gasteiger partial charge in [0.2, 0.25) is 5.82 Å². The number of nitro groups is 1. The first-order valence-electron chi connectivity index (χ1n) is 8.01. The molecule has 4 rings (SSSR count). The number of rotatable bonds is 4. The second-order valence-corrected chi connectivity index (χ2v) is 5.84. The number of nitrogens with one attached hydrogen (secondary N) is 1. The summed E-state index contributed by atoms with van der Waals surface area (Å²) in [5.74, 6) is -0.0284. The molecule has 2 heterocycles. The molecule has 0 unspecified atom stereocenters. The monoisotopic (exact) mass is 346 g/mol. The summed E-state index contributed by atoms with van der Waals surface area (Å²) in [5.41, 5.74) is 0.0215. The Hall–Kier alpha value is -3.74. The minimum absolute atomic E-state index is 0.0284. The van der Waals surface area contributed by atoms with E-state index >= 15 is 0 Å². The van der Waals surface area contributed by atoms with Gasteiger partial charge < -0.3 is 5.32 Å². The molecule has 0 spiro atoms. The Labute approximate surface area is 147 Å². The van der Waals surface area contributed by atoms with Gasteiger partial charge in [0.15, 0.2) is 0 Å². The molecule has 0 aliphatic rings. The number of benzene rings is 2. The van der Waals surface area contributed by atoms with Gasteiger partial charge in [0.25, 0.3) is 0 Å². The molecular formula is C19H14N4O3. The molecule has 1 N–H and O–H groups in total. The van der Waals surface area contributed by atoms with Gasteiger partial charge in [0.1, 0.15) is 5.65 Å². The number of hydrogen-bond donors (Lipinski definition) is 1. The second-order valence-electron chi connectivity index (χ2n) is 5.84. The van der Waals surface area contributed by atoms with Crippen LogP contribution in [-0.4, -0.2) is 14.3 Å². The van der Waals surface area contributed by atoms with E-state index in [1.807, 2.05) is 42.5 Å². The zero-order valence-electron chi connectivity index (χ0n) is 13.6. The Kier molecular flexibility index (Phi) is 3.81. The lowest BCUT2D eigenvalue weighted by Crippen LogP contribution is -2.21. The van der Waals surface area contributed by atoms with Crippen molar-refractivity contribution in [3.05, 3.63) is 92.9 Å². The Balaban J connectivity index is 1.72. The summed E-state index contributed by atoms with van der Waals surface area (Å²) < 4.78 is 1.17. The van der Waals surface area contributed by atoms with Crippen LogP contribution in [0.15, 0.2) is 71.7 Å². The zero-order valence-corrected chi connectivity index (χ0v) is 13.6. The molecule has 7 nitrogen and oxygen atoms in total. The third kappa shape index (κ3) is 2.75. The van der Waals surface area contributed by atoms with E-state index in [0.29, 0.717) is 12.2 Å². The fourth-order valence-corrected chi connectivity index (χ4v) is 2.90. The molecule has 4 aromatic rings. The predicted octanol–water partition coefficient (Wildman–Crippen LogP) is 3.37. The molecular weight excluding hydrogens is 332 g/mol. The average molecular weight is 346 g/mol. The van der Waals surface area contributed by atoms with Gasteiger partial charge in [0.05, 0.1) is 4.92 Å². The van der Waals surface area contributed by atoms with Crippen molar-refractivity contribution in [3.8, 4) is 0 Å². The smallest absolute Gasteiger partial charge is 0.360 e.